The van der Waals surface area contributed by atoms with E-state index >= 15 is 0 Å². The Balaban J connectivity index is 1.90. The van der Waals surface area contributed by atoms with Crippen LogP contribution in [0.3, 0.4) is 0 Å². The summed E-state index contributed by atoms with van der Waals surface area (Å²) in [5, 5.41) is 0.390. The van der Waals surface area contributed by atoms with E-state index in [4.69, 9.17) is 25.8 Å². The third kappa shape index (κ3) is 5.56. The number of carbonyl (C=O) groups is 1. The van der Waals surface area contributed by atoms with E-state index in [1.54, 1.807) is 36.6 Å². The Hall–Kier alpha value is -3.36. The molecule has 1 aromatic heterocycles. The molecule has 0 saturated carbocycles. The quantitative estimate of drug-likeness (QED) is 0.368. The van der Waals surface area contributed by atoms with Gasteiger partial charge in [0, 0.05) is 0 Å². The van der Waals surface area contributed by atoms with E-state index in [-0.39, 0.29) is 18.3 Å². The summed E-state index contributed by atoms with van der Waals surface area (Å²) in [6, 6.07) is 10.7. The summed E-state index contributed by atoms with van der Waals surface area (Å²) in [5.41, 5.74) is 3.19. The number of rotatable bonds is 8. The van der Waals surface area contributed by atoms with Crippen LogP contribution in [0.15, 0.2) is 57.5 Å². The Morgan fingerprint density at radius 2 is 1.87 bits per heavy atom. The summed E-state index contributed by atoms with van der Waals surface area (Å²) >= 11 is 7.81. The molecule has 0 N–H and O–H groups in total. The van der Waals surface area contributed by atoms with Gasteiger partial charge in [0.25, 0.3) is 5.56 Å². The average molecular weight is 555 g/mol. The summed E-state index contributed by atoms with van der Waals surface area (Å²) in [4.78, 5) is 32.0. The summed E-state index contributed by atoms with van der Waals surface area (Å²) in [5.74, 6) is 0.490. The standard InChI is InChI=1S/C29H31ClN2O5S/c1-7-35-22-14-19(13-21(30)26(22)37-16(3)4)15-23-27(33)32-25(20-11-9-17(5)10-12-20)24(28(34)36-8-2)18(6)31-29(32)38-23/h9-16,25H,7-8H2,1-6H3/b23-15-/t25-/m1/s1. The lowest BCUT2D eigenvalue weighted by atomic mass is 9.95. The largest absolute Gasteiger partial charge is 0.490 e. The fourth-order valence-electron chi connectivity index (χ4n) is 4.29. The van der Waals surface area contributed by atoms with Crippen LogP contribution in [0.4, 0.5) is 0 Å². The smallest absolute Gasteiger partial charge is 0.338 e. The normalized spacial score (nSPS) is 15.4. The maximum absolute atomic E-state index is 13.8. The molecule has 0 unspecified atom stereocenters. The minimum Gasteiger partial charge on any atom is -0.490 e. The van der Waals surface area contributed by atoms with Crippen molar-refractivity contribution in [2.24, 2.45) is 4.99 Å². The topological polar surface area (TPSA) is 79.1 Å². The molecule has 0 fully saturated rings. The Labute approximate surface area is 230 Å². The van der Waals surface area contributed by atoms with Crippen molar-refractivity contribution in [3.05, 3.63) is 89.1 Å². The predicted octanol–water partition coefficient (Wildman–Crippen LogP) is 4.95. The van der Waals surface area contributed by atoms with E-state index in [1.165, 1.54) is 11.3 Å². The van der Waals surface area contributed by atoms with Crippen LogP contribution < -0.4 is 24.4 Å². The van der Waals surface area contributed by atoms with Gasteiger partial charge in [-0.1, -0.05) is 52.8 Å². The monoisotopic (exact) mass is 554 g/mol. The van der Waals surface area contributed by atoms with Crippen LogP contribution >= 0.6 is 22.9 Å². The van der Waals surface area contributed by atoms with E-state index in [1.807, 2.05) is 52.0 Å². The molecule has 38 heavy (non-hydrogen) atoms. The molecule has 4 rings (SSSR count). The second-order valence-corrected chi connectivity index (χ2v) is 10.6. The molecule has 0 radical (unpaired) electrons. The number of aromatic nitrogens is 1. The van der Waals surface area contributed by atoms with Crippen LogP contribution in [-0.4, -0.2) is 29.9 Å². The van der Waals surface area contributed by atoms with Crippen LogP contribution in [0.2, 0.25) is 5.02 Å². The number of esters is 1. The van der Waals surface area contributed by atoms with Gasteiger partial charge in [-0.2, -0.15) is 0 Å². The summed E-state index contributed by atoms with van der Waals surface area (Å²) in [7, 11) is 0. The van der Waals surface area contributed by atoms with Crippen molar-refractivity contribution in [2.75, 3.05) is 13.2 Å². The van der Waals surface area contributed by atoms with Gasteiger partial charge < -0.3 is 14.2 Å². The number of thiazole rings is 1. The van der Waals surface area contributed by atoms with Gasteiger partial charge in [-0.3, -0.25) is 9.36 Å². The lowest BCUT2D eigenvalue weighted by molar-refractivity contribution is -0.139. The minimum atomic E-state index is -0.655. The first-order valence-corrected chi connectivity index (χ1v) is 13.7. The zero-order valence-electron chi connectivity index (χ0n) is 22.3. The summed E-state index contributed by atoms with van der Waals surface area (Å²) < 4.78 is 19.0. The predicted molar refractivity (Wildman–Crippen MR) is 150 cm³/mol. The fraction of sp³-hybridized carbons (Fsp3) is 0.345. The van der Waals surface area contributed by atoms with E-state index < -0.39 is 12.0 Å². The van der Waals surface area contributed by atoms with E-state index in [0.29, 0.717) is 49.3 Å². The molecular formula is C29H31ClN2O5S. The first-order chi connectivity index (χ1) is 18.1. The average Bonchev–Trinajstić information content (AvgIpc) is 3.15. The Kier molecular flexibility index (Phi) is 8.43. The molecule has 200 valence electrons. The molecule has 3 aromatic rings. The van der Waals surface area contributed by atoms with Crippen LogP contribution in [0.1, 0.15) is 57.4 Å². The summed E-state index contributed by atoms with van der Waals surface area (Å²) in [6.07, 6.45) is 1.67. The van der Waals surface area contributed by atoms with Crippen molar-refractivity contribution in [1.82, 2.24) is 4.57 Å². The third-order valence-electron chi connectivity index (χ3n) is 5.89. The van der Waals surface area contributed by atoms with Gasteiger partial charge in [-0.05, 0) is 70.9 Å². The highest BCUT2D eigenvalue weighted by atomic mass is 35.5. The van der Waals surface area contributed by atoms with Gasteiger partial charge >= 0.3 is 5.97 Å². The highest BCUT2D eigenvalue weighted by molar-refractivity contribution is 7.07. The van der Waals surface area contributed by atoms with Crippen molar-refractivity contribution in [2.45, 2.75) is 53.7 Å². The number of carbonyl (C=O) groups excluding carboxylic acids is 1. The third-order valence-corrected chi connectivity index (χ3v) is 7.16. The molecule has 2 heterocycles. The van der Waals surface area contributed by atoms with Crippen LogP contribution in [0.25, 0.3) is 6.08 Å². The van der Waals surface area contributed by atoms with Gasteiger partial charge in [0.15, 0.2) is 16.3 Å². The maximum atomic E-state index is 13.8. The lowest BCUT2D eigenvalue weighted by Crippen LogP contribution is -2.39. The van der Waals surface area contributed by atoms with Gasteiger partial charge in [0.2, 0.25) is 0 Å². The molecule has 0 aliphatic carbocycles. The van der Waals surface area contributed by atoms with E-state index in [9.17, 15) is 9.59 Å². The minimum absolute atomic E-state index is 0.0835. The second kappa shape index (κ2) is 11.6. The molecular weight excluding hydrogens is 524 g/mol. The number of hydrogen-bond donors (Lipinski definition) is 0. The fourth-order valence-corrected chi connectivity index (χ4v) is 5.60. The SMILES string of the molecule is CCOC(=O)C1=C(C)N=c2s/c(=C\c3cc(Cl)c(OC(C)C)c(OCC)c3)c(=O)n2[C@@H]1c1ccc(C)cc1. The zero-order chi connectivity index (χ0) is 27.6. The van der Waals surface area contributed by atoms with E-state index in [2.05, 4.69) is 4.99 Å². The van der Waals surface area contributed by atoms with Gasteiger partial charge in [0.1, 0.15) is 0 Å². The summed E-state index contributed by atoms with van der Waals surface area (Å²) in [6.45, 7) is 11.9. The van der Waals surface area contributed by atoms with Crippen molar-refractivity contribution >= 4 is 35.0 Å². The van der Waals surface area contributed by atoms with Crippen molar-refractivity contribution in [1.29, 1.82) is 0 Å². The molecule has 0 bridgehead atoms. The molecule has 1 atom stereocenters. The van der Waals surface area contributed by atoms with Crippen LogP contribution in [0, 0.1) is 6.92 Å². The number of benzene rings is 2. The molecule has 0 saturated heterocycles. The molecule has 0 spiro atoms. The molecule has 9 heteroatoms. The van der Waals surface area contributed by atoms with Gasteiger partial charge in [-0.25, -0.2) is 9.79 Å². The first kappa shape index (κ1) is 27.7. The van der Waals surface area contributed by atoms with Gasteiger partial charge in [0.05, 0.1) is 46.2 Å². The number of fused-ring (bicyclic) bond motifs is 1. The first-order valence-electron chi connectivity index (χ1n) is 12.5. The van der Waals surface area contributed by atoms with E-state index in [0.717, 1.165) is 11.1 Å². The lowest BCUT2D eigenvalue weighted by Gasteiger charge is -2.24. The zero-order valence-corrected chi connectivity index (χ0v) is 23.9. The molecule has 7 nitrogen and oxygen atoms in total. The number of halogens is 1. The number of aryl methyl sites for hydroxylation is 1. The Morgan fingerprint density at radius 1 is 1.16 bits per heavy atom. The van der Waals surface area contributed by atoms with Crippen molar-refractivity contribution in [3.63, 3.8) is 0 Å². The number of hydrogen-bond acceptors (Lipinski definition) is 7. The molecule has 2 aromatic carbocycles. The Bertz CT molecular complexity index is 1570. The number of allylic oxidation sites excluding steroid dienone is 1. The van der Waals surface area contributed by atoms with Crippen LogP contribution in [0.5, 0.6) is 11.5 Å². The second-order valence-electron chi connectivity index (χ2n) is 9.14. The van der Waals surface area contributed by atoms with Gasteiger partial charge in [-0.15, -0.1) is 0 Å². The Morgan fingerprint density at radius 3 is 2.50 bits per heavy atom. The van der Waals surface area contributed by atoms with Crippen molar-refractivity contribution in [3.8, 4) is 11.5 Å². The maximum Gasteiger partial charge on any atom is 0.338 e. The number of nitrogens with zero attached hydrogens (tertiary/aromatic N) is 2. The highest BCUT2D eigenvalue weighted by Gasteiger charge is 2.33. The number of ether oxygens (including phenoxy) is 3. The molecule has 1 aliphatic heterocycles. The van der Waals surface area contributed by atoms with Crippen molar-refractivity contribution < 1.29 is 19.0 Å². The molecule has 0 amide bonds. The molecule has 1 aliphatic rings. The van der Waals surface area contributed by atoms with Crippen LogP contribution in [-0.2, 0) is 9.53 Å². The highest BCUT2D eigenvalue weighted by Crippen LogP contribution is 2.37.